The highest BCUT2D eigenvalue weighted by molar-refractivity contribution is 5.94. The molecule has 1 aliphatic heterocycles. The first-order chi connectivity index (χ1) is 13.4. The van der Waals surface area contributed by atoms with E-state index in [9.17, 15) is 9.59 Å². The summed E-state index contributed by atoms with van der Waals surface area (Å²) in [4.78, 5) is 30.5. The van der Waals surface area contributed by atoms with Gasteiger partial charge in [-0.3, -0.25) is 14.1 Å². The number of hydrogen-bond donors (Lipinski definition) is 1. The Hall–Kier alpha value is -2.68. The highest BCUT2D eigenvalue weighted by atomic mass is 16.2. The summed E-state index contributed by atoms with van der Waals surface area (Å²) >= 11 is 0. The summed E-state index contributed by atoms with van der Waals surface area (Å²) in [5, 5.41) is 11.6. The number of pyridine rings is 1. The molecule has 9 heteroatoms. The summed E-state index contributed by atoms with van der Waals surface area (Å²) in [5.41, 5.74) is 1.28. The molecule has 0 bridgehead atoms. The Kier molecular flexibility index (Phi) is 4.92. The molecule has 28 heavy (non-hydrogen) atoms. The van der Waals surface area contributed by atoms with Gasteiger partial charge in [0.2, 0.25) is 0 Å². The molecule has 1 unspecified atom stereocenters. The molecule has 1 N–H and O–H groups in total. The summed E-state index contributed by atoms with van der Waals surface area (Å²) in [6.07, 6.45) is 4.20. The van der Waals surface area contributed by atoms with Gasteiger partial charge in [0.25, 0.3) is 5.91 Å². The van der Waals surface area contributed by atoms with Crippen molar-refractivity contribution in [3.05, 3.63) is 29.7 Å². The molecule has 1 saturated carbocycles. The van der Waals surface area contributed by atoms with Crippen LogP contribution in [0.2, 0.25) is 0 Å². The maximum Gasteiger partial charge on any atom is 0.319 e. The Morgan fingerprint density at radius 3 is 2.71 bits per heavy atom. The van der Waals surface area contributed by atoms with Crippen LogP contribution in [-0.2, 0) is 0 Å². The number of likely N-dealkylation sites (N-methyl/N-ethyl adjacent to an activating group) is 1. The number of urea groups is 1. The zero-order chi connectivity index (χ0) is 19.8. The van der Waals surface area contributed by atoms with Crippen molar-refractivity contribution in [1.29, 1.82) is 0 Å². The van der Waals surface area contributed by atoms with Gasteiger partial charge in [0.1, 0.15) is 0 Å². The average Bonchev–Trinajstić information content (AvgIpc) is 3.43. The smallest absolute Gasteiger partial charge is 0.319 e. The van der Waals surface area contributed by atoms with Gasteiger partial charge in [-0.25, -0.2) is 4.79 Å². The minimum atomic E-state index is -0.0857. The number of rotatable bonds is 4. The van der Waals surface area contributed by atoms with Crippen molar-refractivity contribution in [3.8, 4) is 0 Å². The Labute approximate surface area is 164 Å². The number of carbonyl (C=O) groups excluding carboxylic acids is 2. The van der Waals surface area contributed by atoms with E-state index in [0.717, 1.165) is 18.9 Å². The van der Waals surface area contributed by atoms with Gasteiger partial charge in [-0.2, -0.15) is 0 Å². The lowest BCUT2D eigenvalue weighted by molar-refractivity contribution is 0.0933. The molecular weight excluding hydrogens is 358 g/mol. The topological polar surface area (TPSA) is 86.1 Å². The summed E-state index contributed by atoms with van der Waals surface area (Å²) in [7, 11) is 5.54. The highest BCUT2D eigenvalue weighted by Gasteiger charge is 2.32. The van der Waals surface area contributed by atoms with Crippen molar-refractivity contribution in [2.45, 2.75) is 18.9 Å². The van der Waals surface area contributed by atoms with Gasteiger partial charge in [0, 0.05) is 46.5 Å². The van der Waals surface area contributed by atoms with E-state index < -0.39 is 0 Å². The molecule has 2 aromatic rings. The molecule has 0 spiro atoms. The number of nitrogens with one attached hydrogen (secondary N) is 1. The Bertz CT molecular complexity index is 890. The lowest BCUT2D eigenvalue weighted by Crippen LogP contribution is -2.52. The molecule has 3 amide bonds. The van der Waals surface area contributed by atoms with Gasteiger partial charge in [-0.05, 0) is 37.9 Å². The second kappa shape index (κ2) is 7.38. The second-order valence-electron chi connectivity index (χ2n) is 7.98. The van der Waals surface area contributed by atoms with E-state index >= 15 is 0 Å². The van der Waals surface area contributed by atoms with Crippen LogP contribution in [0.5, 0.6) is 0 Å². The van der Waals surface area contributed by atoms with Crippen LogP contribution in [-0.4, -0.2) is 88.6 Å². The predicted molar refractivity (Wildman–Crippen MR) is 104 cm³/mol. The molecule has 2 fully saturated rings. The second-order valence-corrected chi connectivity index (χ2v) is 7.98. The maximum absolute atomic E-state index is 12.5. The summed E-state index contributed by atoms with van der Waals surface area (Å²) < 4.78 is 1.87. The lowest BCUT2D eigenvalue weighted by atomic mass is 10.1. The summed E-state index contributed by atoms with van der Waals surface area (Å²) in [5.74, 6) is 1.30. The molecule has 2 aliphatic rings. The first kappa shape index (κ1) is 18.7. The fraction of sp³-hybridized carbons (Fsp3) is 0.579. The third kappa shape index (κ3) is 3.66. The van der Waals surface area contributed by atoms with Crippen LogP contribution < -0.4 is 5.32 Å². The molecule has 0 radical (unpaired) electrons. The first-order valence-corrected chi connectivity index (χ1v) is 9.73. The number of carbonyl (C=O) groups is 2. The molecule has 0 aromatic carbocycles. The number of nitrogens with zero attached hydrogens (tertiary/aromatic N) is 6. The standard InChI is InChI=1S/C19H27N7O2/c1-23(2)19(28)25-9-8-24(3)15(12-25)17-22-21-16-7-6-14(11-26(16)17)18(27)20-10-13-4-5-13/h6-7,11,13,15H,4-5,8-10,12H2,1-3H3,(H,20,27). The number of amides is 3. The van der Waals surface area contributed by atoms with Gasteiger partial charge in [-0.1, -0.05) is 0 Å². The van der Waals surface area contributed by atoms with Crippen LogP contribution in [0.1, 0.15) is 35.1 Å². The fourth-order valence-electron chi connectivity index (χ4n) is 3.54. The Morgan fingerprint density at radius 1 is 1.21 bits per heavy atom. The average molecular weight is 385 g/mol. The number of hydrogen-bond acceptors (Lipinski definition) is 5. The third-order valence-corrected chi connectivity index (χ3v) is 5.54. The lowest BCUT2D eigenvalue weighted by Gasteiger charge is -2.39. The van der Waals surface area contributed by atoms with Gasteiger partial charge >= 0.3 is 6.03 Å². The number of fused-ring (bicyclic) bond motifs is 1. The molecule has 1 aliphatic carbocycles. The minimum absolute atomic E-state index is 0.00735. The molecule has 4 rings (SSSR count). The SMILES string of the molecule is CN(C)C(=O)N1CCN(C)C(c2nnc3ccc(C(=O)NCC4CC4)cn23)C1. The molecular formula is C19H27N7O2. The van der Waals surface area contributed by atoms with Gasteiger partial charge < -0.3 is 15.1 Å². The van der Waals surface area contributed by atoms with Crippen molar-refractivity contribution in [3.63, 3.8) is 0 Å². The summed E-state index contributed by atoms with van der Waals surface area (Å²) in [6.45, 7) is 2.70. The van der Waals surface area contributed by atoms with E-state index in [1.807, 2.05) is 22.4 Å². The van der Waals surface area contributed by atoms with Crippen LogP contribution >= 0.6 is 0 Å². The van der Waals surface area contributed by atoms with Crippen LogP contribution in [0.15, 0.2) is 18.3 Å². The molecule has 2 aromatic heterocycles. The zero-order valence-electron chi connectivity index (χ0n) is 16.6. The van der Waals surface area contributed by atoms with E-state index in [-0.39, 0.29) is 18.0 Å². The maximum atomic E-state index is 12.5. The van der Waals surface area contributed by atoms with E-state index in [2.05, 4.69) is 20.4 Å². The highest BCUT2D eigenvalue weighted by Crippen LogP contribution is 2.28. The molecule has 3 heterocycles. The molecule has 150 valence electrons. The largest absolute Gasteiger partial charge is 0.352 e. The van der Waals surface area contributed by atoms with E-state index in [1.165, 1.54) is 12.8 Å². The van der Waals surface area contributed by atoms with Crippen molar-refractivity contribution in [2.24, 2.45) is 5.92 Å². The van der Waals surface area contributed by atoms with Crippen molar-refractivity contribution < 1.29 is 9.59 Å². The quantitative estimate of drug-likeness (QED) is 0.843. The van der Waals surface area contributed by atoms with Crippen LogP contribution in [0.4, 0.5) is 4.79 Å². The van der Waals surface area contributed by atoms with Gasteiger partial charge in [0.15, 0.2) is 11.5 Å². The minimum Gasteiger partial charge on any atom is -0.352 e. The van der Waals surface area contributed by atoms with E-state index in [1.54, 1.807) is 31.3 Å². The van der Waals surface area contributed by atoms with Crippen LogP contribution in [0, 0.1) is 5.92 Å². The van der Waals surface area contributed by atoms with E-state index in [0.29, 0.717) is 30.2 Å². The first-order valence-electron chi connectivity index (χ1n) is 9.73. The third-order valence-electron chi connectivity index (χ3n) is 5.54. The van der Waals surface area contributed by atoms with E-state index in [4.69, 9.17) is 0 Å². The predicted octanol–water partition coefficient (Wildman–Crippen LogP) is 0.839. The van der Waals surface area contributed by atoms with Crippen molar-refractivity contribution >= 4 is 17.6 Å². The Morgan fingerprint density at radius 2 is 2.00 bits per heavy atom. The summed E-state index contributed by atoms with van der Waals surface area (Å²) in [6, 6.07) is 3.50. The van der Waals surface area contributed by atoms with Crippen molar-refractivity contribution in [2.75, 3.05) is 47.3 Å². The number of aromatic nitrogens is 3. The fourth-order valence-corrected chi connectivity index (χ4v) is 3.54. The Balaban J connectivity index is 1.59. The monoisotopic (exact) mass is 385 g/mol. The molecule has 1 atom stereocenters. The zero-order valence-corrected chi connectivity index (χ0v) is 16.6. The van der Waals surface area contributed by atoms with Gasteiger partial charge in [-0.15, -0.1) is 10.2 Å². The number of piperazine rings is 1. The van der Waals surface area contributed by atoms with Crippen molar-refractivity contribution in [1.82, 2.24) is 34.6 Å². The normalized spacial score (nSPS) is 20.4. The van der Waals surface area contributed by atoms with Gasteiger partial charge in [0.05, 0.1) is 11.6 Å². The van der Waals surface area contributed by atoms with Crippen LogP contribution in [0.3, 0.4) is 0 Å². The van der Waals surface area contributed by atoms with Crippen LogP contribution in [0.25, 0.3) is 5.65 Å². The molecule has 1 saturated heterocycles. The molecule has 9 nitrogen and oxygen atoms in total.